The highest BCUT2D eigenvalue weighted by Gasteiger charge is 2.16. The van der Waals surface area contributed by atoms with E-state index in [9.17, 15) is 0 Å². The van der Waals surface area contributed by atoms with Crippen molar-refractivity contribution in [2.45, 2.75) is 18.9 Å². The average Bonchev–Trinajstić information content (AvgIpc) is 3.00. The Hall–Kier alpha value is -2.70. The number of benzene rings is 1. The van der Waals surface area contributed by atoms with Crippen LogP contribution in [0.4, 0.5) is 11.5 Å². The molecule has 4 rings (SSSR count). The number of hydrogen-bond acceptors (Lipinski definition) is 6. The summed E-state index contributed by atoms with van der Waals surface area (Å²) in [6.07, 6.45) is 2.21. The number of nitrogens with one attached hydrogen (secondary N) is 2. The molecule has 1 atom stereocenters. The van der Waals surface area contributed by atoms with Gasteiger partial charge in [0.1, 0.15) is 5.82 Å². The first-order valence-electron chi connectivity index (χ1n) is 7.02. The highest BCUT2D eigenvalue weighted by molar-refractivity contribution is 5.54. The highest BCUT2D eigenvalue weighted by atomic mass is 15.6. The van der Waals surface area contributed by atoms with Crippen molar-refractivity contribution < 1.29 is 0 Å². The number of aryl methyl sites for hydroxylation is 1. The number of fused-ring (bicyclic) bond motifs is 2. The summed E-state index contributed by atoms with van der Waals surface area (Å²) in [6.45, 7) is 0.814. The first-order chi connectivity index (χ1) is 10.4. The predicted octanol–water partition coefficient (Wildman–Crippen LogP) is 1.36. The Labute approximate surface area is 121 Å². The van der Waals surface area contributed by atoms with Gasteiger partial charge >= 0.3 is 0 Å². The molecule has 7 nitrogen and oxygen atoms in total. The molecule has 2 aromatic heterocycles. The minimum atomic E-state index is 0.395. The molecule has 106 valence electrons. The van der Waals surface area contributed by atoms with Gasteiger partial charge in [0.05, 0.1) is 0 Å². The van der Waals surface area contributed by atoms with Gasteiger partial charge in [-0.15, -0.1) is 14.8 Å². The van der Waals surface area contributed by atoms with Gasteiger partial charge in [0.25, 0.3) is 0 Å². The van der Waals surface area contributed by atoms with Crippen LogP contribution >= 0.6 is 0 Å². The molecular weight excluding hydrogens is 266 g/mol. The summed E-state index contributed by atoms with van der Waals surface area (Å²) in [5.41, 5.74) is 3.27. The molecule has 0 fully saturated rings. The second-order valence-electron chi connectivity index (χ2n) is 5.16. The number of anilines is 2. The van der Waals surface area contributed by atoms with Gasteiger partial charge in [-0.25, -0.2) is 0 Å². The second-order valence-corrected chi connectivity index (χ2v) is 5.16. The van der Waals surface area contributed by atoms with Gasteiger partial charge in [-0.2, -0.15) is 0 Å². The van der Waals surface area contributed by atoms with Crippen LogP contribution in [0.2, 0.25) is 0 Å². The van der Waals surface area contributed by atoms with E-state index >= 15 is 0 Å². The summed E-state index contributed by atoms with van der Waals surface area (Å²) < 4.78 is 1.42. The third-order valence-electron chi connectivity index (χ3n) is 3.74. The van der Waals surface area contributed by atoms with E-state index < -0.39 is 0 Å². The lowest BCUT2D eigenvalue weighted by molar-refractivity contribution is 0.650. The van der Waals surface area contributed by atoms with E-state index in [4.69, 9.17) is 0 Å². The Morgan fingerprint density at radius 1 is 1.24 bits per heavy atom. The maximum atomic E-state index is 4.31. The molecule has 0 radical (unpaired) electrons. The second kappa shape index (κ2) is 5.01. The van der Waals surface area contributed by atoms with Crippen molar-refractivity contribution in [1.29, 1.82) is 0 Å². The third-order valence-corrected chi connectivity index (χ3v) is 3.74. The van der Waals surface area contributed by atoms with E-state index in [1.54, 1.807) is 0 Å². The maximum absolute atomic E-state index is 4.31. The monoisotopic (exact) mass is 281 g/mol. The maximum Gasteiger partial charge on any atom is 0.200 e. The average molecular weight is 281 g/mol. The van der Waals surface area contributed by atoms with Crippen molar-refractivity contribution in [2.24, 2.45) is 0 Å². The van der Waals surface area contributed by atoms with E-state index in [2.05, 4.69) is 55.5 Å². The molecule has 7 heteroatoms. The molecule has 3 heterocycles. The summed E-state index contributed by atoms with van der Waals surface area (Å²) >= 11 is 0. The first kappa shape index (κ1) is 12.1. The van der Waals surface area contributed by atoms with Crippen LogP contribution < -0.4 is 10.6 Å². The molecule has 0 amide bonds. The van der Waals surface area contributed by atoms with Crippen molar-refractivity contribution in [2.75, 3.05) is 17.2 Å². The lowest BCUT2D eigenvalue weighted by Crippen LogP contribution is -2.32. The number of para-hydroxylation sites is 1. The number of hydrogen-bond donors (Lipinski definition) is 2. The first-order valence-corrected chi connectivity index (χ1v) is 7.02. The van der Waals surface area contributed by atoms with Crippen LogP contribution in [-0.4, -0.2) is 37.8 Å². The molecule has 2 N–H and O–H groups in total. The topological polar surface area (TPSA) is 80.0 Å². The van der Waals surface area contributed by atoms with E-state index in [0.717, 1.165) is 25.2 Å². The summed E-state index contributed by atoms with van der Waals surface area (Å²) in [5, 5.41) is 22.4. The van der Waals surface area contributed by atoms with Gasteiger partial charge in [0.15, 0.2) is 5.65 Å². The van der Waals surface area contributed by atoms with Gasteiger partial charge in [0, 0.05) is 18.3 Å². The third kappa shape index (κ3) is 2.37. The Morgan fingerprint density at radius 2 is 2.19 bits per heavy atom. The highest BCUT2D eigenvalue weighted by Crippen LogP contribution is 2.24. The summed E-state index contributed by atoms with van der Waals surface area (Å²) in [5.74, 6) is 0.774. The molecule has 1 unspecified atom stereocenters. The zero-order chi connectivity index (χ0) is 14.1. The molecule has 0 bridgehead atoms. The van der Waals surface area contributed by atoms with Crippen molar-refractivity contribution in [1.82, 2.24) is 25.3 Å². The predicted molar refractivity (Wildman–Crippen MR) is 79.2 cm³/mol. The van der Waals surface area contributed by atoms with E-state index in [1.165, 1.54) is 15.9 Å². The largest absolute Gasteiger partial charge is 0.380 e. The van der Waals surface area contributed by atoms with Crippen LogP contribution in [0.5, 0.6) is 0 Å². The summed E-state index contributed by atoms with van der Waals surface area (Å²) in [7, 11) is 0. The van der Waals surface area contributed by atoms with Crippen LogP contribution in [0.1, 0.15) is 12.0 Å². The Bertz CT molecular complexity index is 767. The Kier molecular flexibility index (Phi) is 2.88. The van der Waals surface area contributed by atoms with E-state index in [0.29, 0.717) is 11.7 Å². The molecule has 0 aliphatic carbocycles. The number of rotatable bonds is 3. The van der Waals surface area contributed by atoms with E-state index in [-0.39, 0.29) is 0 Å². The molecule has 21 heavy (non-hydrogen) atoms. The number of aromatic nitrogens is 5. The van der Waals surface area contributed by atoms with Gasteiger partial charge in [-0.3, -0.25) is 0 Å². The molecule has 0 saturated carbocycles. The van der Waals surface area contributed by atoms with Crippen molar-refractivity contribution in [3.8, 4) is 0 Å². The van der Waals surface area contributed by atoms with Crippen LogP contribution in [0.15, 0.2) is 36.4 Å². The van der Waals surface area contributed by atoms with Gasteiger partial charge < -0.3 is 10.6 Å². The molecule has 0 spiro atoms. The zero-order valence-corrected chi connectivity index (χ0v) is 11.4. The standard InChI is InChI=1S/C14H15N7/c1-2-4-12-10(3-1)5-6-11(16-12)9-15-13-7-8-14-17-19-20-21(14)18-13/h1-4,7-8,11,16H,5-6,9H2,(H,15,18). The van der Waals surface area contributed by atoms with Crippen LogP contribution in [0, 0.1) is 0 Å². The Morgan fingerprint density at radius 3 is 3.19 bits per heavy atom. The zero-order valence-electron chi connectivity index (χ0n) is 11.4. The van der Waals surface area contributed by atoms with Crippen molar-refractivity contribution in [3.63, 3.8) is 0 Å². The lowest BCUT2D eigenvalue weighted by atomic mass is 9.98. The number of nitrogens with zero attached hydrogens (tertiary/aromatic N) is 5. The quantitative estimate of drug-likeness (QED) is 0.754. The molecule has 1 aromatic carbocycles. The fraction of sp³-hybridized carbons (Fsp3) is 0.286. The van der Waals surface area contributed by atoms with E-state index in [1.807, 2.05) is 12.1 Å². The summed E-state index contributed by atoms with van der Waals surface area (Å²) in [6, 6.07) is 12.6. The minimum absolute atomic E-state index is 0.395. The smallest absolute Gasteiger partial charge is 0.200 e. The van der Waals surface area contributed by atoms with Crippen LogP contribution in [0.3, 0.4) is 0 Å². The van der Waals surface area contributed by atoms with Gasteiger partial charge in [-0.1, -0.05) is 18.2 Å². The van der Waals surface area contributed by atoms with Gasteiger partial charge in [0.2, 0.25) is 0 Å². The van der Waals surface area contributed by atoms with Crippen molar-refractivity contribution >= 4 is 17.2 Å². The molecular formula is C14H15N7. The lowest BCUT2D eigenvalue weighted by Gasteiger charge is -2.27. The Balaban J connectivity index is 1.43. The fourth-order valence-corrected chi connectivity index (χ4v) is 2.63. The number of tetrazole rings is 1. The minimum Gasteiger partial charge on any atom is -0.380 e. The molecule has 0 saturated heterocycles. The van der Waals surface area contributed by atoms with Crippen LogP contribution in [-0.2, 0) is 6.42 Å². The molecule has 1 aliphatic rings. The van der Waals surface area contributed by atoms with Crippen molar-refractivity contribution in [3.05, 3.63) is 42.0 Å². The SMILES string of the molecule is c1ccc2c(c1)CCC(CNc1ccc3nnnn3n1)N2. The normalized spacial score (nSPS) is 17.2. The molecule has 1 aliphatic heterocycles. The summed E-state index contributed by atoms with van der Waals surface area (Å²) in [4.78, 5) is 0. The molecule has 3 aromatic rings. The van der Waals surface area contributed by atoms with Crippen LogP contribution in [0.25, 0.3) is 5.65 Å². The van der Waals surface area contributed by atoms with Gasteiger partial charge in [-0.05, 0) is 47.0 Å². The fourth-order valence-electron chi connectivity index (χ4n) is 2.63.